The molecule has 0 radical (unpaired) electrons. The van der Waals surface area contributed by atoms with E-state index in [9.17, 15) is 4.79 Å². The molecule has 18 heavy (non-hydrogen) atoms. The third-order valence-electron chi connectivity index (χ3n) is 3.11. The lowest BCUT2D eigenvalue weighted by Gasteiger charge is -2.06. The molecule has 0 atom stereocenters. The van der Waals surface area contributed by atoms with Crippen molar-refractivity contribution in [3.63, 3.8) is 0 Å². The number of nitrogens with one attached hydrogen (secondary N) is 1. The van der Waals surface area contributed by atoms with Crippen LogP contribution in [-0.2, 0) is 19.4 Å². The van der Waals surface area contributed by atoms with E-state index < -0.39 is 0 Å². The van der Waals surface area contributed by atoms with E-state index in [1.165, 1.54) is 0 Å². The summed E-state index contributed by atoms with van der Waals surface area (Å²) in [7, 11) is 0. The number of aryl methyl sites for hydroxylation is 1. The Morgan fingerprint density at radius 1 is 1.22 bits per heavy atom. The van der Waals surface area contributed by atoms with Crippen LogP contribution in [0.15, 0.2) is 35.1 Å². The van der Waals surface area contributed by atoms with Crippen molar-refractivity contribution in [2.24, 2.45) is 0 Å². The van der Waals surface area contributed by atoms with Crippen molar-refractivity contribution in [1.82, 2.24) is 9.97 Å². The van der Waals surface area contributed by atoms with Crippen molar-refractivity contribution >= 4 is 0 Å². The van der Waals surface area contributed by atoms with Crippen LogP contribution in [0.3, 0.4) is 0 Å². The molecular formula is C14H14N2O2. The minimum absolute atomic E-state index is 0.0100. The van der Waals surface area contributed by atoms with Gasteiger partial charge >= 0.3 is 0 Å². The average molecular weight is 242 g/mol. The Kier molecular flexibility index (Phi) is 2.84. The van der Waals surface area contributed by atoms with E-state index in [4.69, 9.17) is 4.74 Å². The fraction of sp³-hybridized carbons (Fsp3) is 0.286. The maximum atomic E-state index is 11.8. The van der Waals surface area contributed by atoms with Crippen molar-refractivity contribution in [2.75, 3.05) is 0 Å². The number of rotatable bonds is 3. The van der Waals surface area contributed by atoms with E-state index in [1.807, 2.05) is 30.3 Å². The molecular weight excluding hydrogens is 228 g/mol. The predicted octanol–water partition coefficient (Wildman–Crippen LogP) is 1.84. The highest BCUT2D eigenvalue weighted by molar-refractivity contribution is 5.23. The number of aromatic amines is 1. The Labute approximate surface area is 105 Å². The molecule has 1 heterocycles. The first-order valence-electron chi connectivity index (χ1n) is 6.12. The number of aromatic nitrogens is 2. The highest BCUT2D eigenvalue weighted by atomic mass is 16.5. The number of H-pyrrole nitrogens is 1. The van der Waals surface area contributed by atoms with E-state index in [1.54, 1.807) is 0 Å². The summed E-state index contributed by atoms with van der Waals surface area (Å²) in [5.74, 6) is 1.38. The Balaban J connectivity index is 1.78. The monoisotopic (exact) mass is 242 g/mol. The average Bonchev–Trinajstić information content (AvgIpc) is 2.86. The van der Waals surface area contributed by atoms with Gasteiger partial charge in [-0.25, -0.2) is 4.98 Å². The van der Waals surface area contributed by atoms with Gasteiger partial charge in [-0.1, -0.05) is 18.2 Å². The molecule has 0 bridgehead atoms. The zero-order valence-electron chi connectivity index (χ0n) is 9.98. The normalized spacial score (nSPS) is 13.3. The highest BCUT2D eigenvalue weighted by Gasteiger charge is 2.16. The van der Waals surface area contributed by atoms with Gasteiger partial charge in [-0.15, -0.1) is 0 Å². The first-order chi connectivity index (χ1) is 8.83. The van der Waals surface area contributed by atoms with Crippen molar-refractivity contribution in [3.8, 4) is 5.75 Å². The number of ether oxygens (including phenoxy) is 1. The van der Waals surface area contributed by atoms with Crippen molar-refractivity contribution < 1.29 is 4.74 Å². The molecule has 2 aromatic rings. The highest BCUT2D eigenvalue weighted by Crippen LogP contribution is 2.16. The molecule has 3 rings (SSSR count). The van der Waals surface area contributed by atoms with Gasteiger partial charge in [0.15, 0.2) is 0 Å². The zero-order chi connectivity index (χ0) is 12.4. The van der Waals surface area contributed by atoms with Crippen LogP contribution in [-0.4, -0.2) is 9.97 Å². The summed E-state index contributed by atoms with van der Waals surface area (Å²) in [5.41, 5.74) is 1.77. The van der Waals surface area contributed by atoms with Gasteiger partial charge in [0.1, 0.15) is 18.2 Å². The van der Waals surface area contributed by atoms with Gasteiger partial charge in [0.2, 0.25) is 0 Å². The predicted molar refractivity (Wildman–Crippen MR) is 67.7 cm³/mol. The summed E-state index contributed by atoms with van der Waals surface area (Å²) < 4.78 is 5.57. The molecule has 4 nitrogen and oxygen atoms in total. The van der Waals surface area contributed by atoms with Gasteiger partial charge in [-0.2, -0.15) is 0 Å². The van der Waals surface area contributed by atoms with Crippen LogP contribution < -0.4 is 10.3 Å². The SMILES string of the molecule is O=c1[nH]c(COc2ccccc2)nc2c1CCC2. The Hall–Kier alpha value is -2.10. The van der Waals surface area contributed by atoms with Crippen LogP contribution in [0.1, 0.15) is 23.5 Å². The minimum Gasteiger partial charge on any atom is -0.486 e. The fourth-order valence-corrected chi connectivity index (χ4v) is 2.23. The molecule has 0 saturated heterocycles. The van der Waals surface area contributed by atoms with E-state index in [0.717, 1.165) is 36.3 Å². The summed E-state index contributed by atoms with van der Waals surface area (Å²) in [6.45, 7) is 0.298. The van der Waals surface area contributed by atoms with Crippen molar-refractivity contribution in [2.45, 2.75) is 25.9 Å². The van der Waals surface area contributed by atoms with Crippen molar-refractivity contribution in [3.05, 3.63) is 57.8 Å². The number of para-hydroxylation sites is 1. The zero-order valence-corrected chi connectivity index (χ0v) is 9.98. The maximum Gasteiger partial charge on any atom is 0.254 e. The maximum absolute atomic E-state index is 11.8. The molecule has 0 saturated carbocycles. The Morgan fingerprint density at radius 3 is 2.89 bits per heavy atom. The first kappa shape index (κ1) is 11.0. The molecule has 1 aliphatic rings. The second-order valence-electron chi connectivity index (χ2n) is 4.39. The standard InChI is InChI=1S/C14H14N2O2/c17-14-11-7-4-8-12(11)15-13(16-14)9-18-10-5-2-1-3-6-10/h1-3,5-6H,4,7-9H2,(H,15,16,17). The summed E-state index contributed by atoms with van der Waals surface area (Å²) in [6.07, 6.45) is 2.77. The number of benzene rings is 1. The summed E-state index contributed by atoms with van der Waals surface area (Å²) in [5, 5.41) is 0. The summed E-state index contributed by atoms with van der Waals surface area (Å²) in [6, 6.07) is 9.52. The Morgan fingerprint density at radius 2 is 2.06 bits per heavy atom. The molecule has 1 aromatic carbocycles. The van der Waals surface area contributed by atoms with Gasteiger partial charge in [-0.05, 0) is 31.4 Å². The smallest absolute Gasteiger partial charge is 0.254 e. The van der Waals surface area contributed by atoms with Gasteiger partial charge < -0.3 is 9.72 Å². The van der Waals surface area contributed by atoms with Crippen LogP contribution in [0.4, 0.5) is 0 Å². The van der Waals surface area contributed by atoms with Gasteiger partial charge in [0.05, 0.1) is 5.69 Å². The lowest BCUT2D eigenvalue weighted by atomic mass is 10.2. The van der Waals surface area contributed by atoms with E-state index in [-0.39, 0.29) is 5.56 Å². The van der Waals surface area contributed by atoms with Gasteiger partial charge in [-0.3, -0.25) is 4.79 Å². The number of fused-ring (bicyclic) bond motifs is 1. The first-order valence-corrected chi connectivity index (χ1v) is 6.12. The molecule has 1 aliphatic carbocycles. The van der Waals surface area contributed by atoms with Gasteiger partial charge in [0, 0.05) is 5.56 Å². The van der Waals surface area contributed by atoms with Crippen LogP contribution in [0, 0.1) is 0 Å². The largest absolute Gasteiger partial charge is 0.486 e. The molecule has 0 spiro atoms. The quantitative estimate of drug-likeness (QED) is 0.893. The van der Waals surface area contributed by atoms with Crippen LogP contribution >= 0.6 is 0 Å². The molecule has 4 heteroatoms. The lowest BCUT2D eigenvalue weighted by Crippen LogP contribution is -2.18. The van der Waals surface area contributed by atoms with E-state index in [2.05, 4.69) is 9.97 Å². The topological polar surface area (TPSA) is 55.0 Å². The molecule has 0 amide bonds. The number of nitrogens with zero attached hydrogens (tertiary/aromatic N) is 1. The lowest BCUT2D eigenvalue weighted by molar-refractivity contribution is 0.295. The molecule has 1 N–H and O–H groups in total. The second kappa shape index (κ2) is 4.64. The van der Waals surface area contributed by atoms with Crippen molar-refractivity contribution in [1.29, 1.82) is 0 Å². The number of hydrogen-bond donors (Lipinski definition) is 1. The summed E-state index contributed by atoms with van der Waals surface area (Å²) >= 11 is 0. The third kappa shape index (κ3) is 2.14. The van der Waals surface area contributed by atoms with Crippen LogP contribution in [0.2, 0.25) is 0 Å². The van der Waals surface area contributed by atoms with E-state index >= 15 is 0 Å². The molecule has 0 unspecified atom stereocenters. The van der Waals surface area contributed by atoms with Crippen LogP contribution in [0.25, 0.3) is 0 Å². The molecule has 1 aromatic heterocycles. The molecule has 0 fully saturated rings. The summed E-state index contributed by atoms with van der Waals surface area (Å²) in [4.78, 5) is 19.0. The van der Waals surface area contributed by atoms with Crippen LogP contribution in [0.5, 0.6) is 5.75 Å². The Bertz CT molecular complexity index is 605. The molecule has 92 valence electrons. The van der Waals surface area contributed by atoms with Gasteiger partial charge in [0.25, 0.3) is 5.56 Å². The fourth-order valence-electron chi connectivity index (χ4n) is 2.23. The third-order valence-corrected chi connectivity index (χ3v) is 3.11. The minimum atomic E-state index is -0.0100. The molecule has 0 aliphatic heterocycles. The second-order valence-corrected chi connectivity index (χ2v) is 4.39. The number of hydrogen-bond acceptors (Lipinski definition) is 3. The van der Waals surface area contributed by atoms with E-state index in [0.29, 0.717) is 12.4 Å².